The van der Waals surface area contributed by atoms with Crippen LogP contribution in [0.3, 0.4) is 0 Å². The summed E-state index contributed by atoms with van der Waals surface area (Å²) in [6.45, 7) is 1.41. The van der Waals surface area contributed by atoms with Gasteiger partial charge in [0.25, 0.3) is 11.8 Å². The first-order valence-electron chi connectivity index (χ1n) is 8.96. The van der Waals surface area contributed by atoms with Crippen molar-refractivity contribution in [2.24, 2.45) is 0 Å². The van der Waals surface area contributed by atoms with E-state index in [1.807, 2.05) is 0 Å². The summed E-state index contributed by atoms with van der Waals surface area (Å²) in [5, 5.41) is 2.78. The lowest BCUT2D eigenvalue weighted by molar-refractivity contribution is 0.0725. The molecule has 1 saturated heterocycles. The fraction of sp³-hybridized carbons (Fsp3) is 0.300. The van der Waals surface area contributed by atoms with E-state index in [-0.39, 0.29) is 21.4 Å². The molecule has 2 amide bonds. The van der Waals surface area contributed by atoms with Gasteiger partial charge in [0.05, 0.1) is 21.2 Å². The van der Waals surface area contributed by atoms with Crippen LogP contribution in [-0.4, -0.2) is 44.5 Å². The van der Waals surface area contributed by atoms with Crippen LogP contribution in [0.2, 0.25) is 5.02 Å². The van der Waals surface area contributed by atoms with Crippen LogP contribution in [0.4, 0.5) is 5.69 Å². The number of benzene rings is 2. The molecule has 0 spiro atoms. The number of sulfone groups is 1. The highest BCUT2D eigenvalue weighted by molar-refractivity contribution is 7.90. The molecule has 6 nitrogen and oxygen atoms in total. The molecule has 1 heterocycles. The van der Waals surface area contributed by atoms with Gasteiger partial charge in [-0.2, -0.15) is 0 Å². The van der Waals surface area contributed by atoms with E-state index in [2.05, 4.69) is 5.32 Å². The van der Waals surface area contributed by atoms with Crippen molar-refractivity contribution in [2.75, 3.05) is 24.7 Å². The second-order valence-corrected chi connectivity index (χ2v) is 9.16. The number of hydrogen-bond donors (Lipinski definition) is 1. The molecule has 0 aliphatic carbocycles. The second kappa shape index (κ2) is 8.32. The van der Waals surface area contributed by atoms with Crippen molar-refractivity contribution in [2.45, 2.75) is 24.2 Å². The Morgan fingerprint density at radius 2 is 1.71 bits per heavy atom. The zero-order chi connectivity index (χ0) is 20.3. The van der Waals surface area contributed by atoms with Gasteiger partial charge in [0.1, 0.15) is 0 Å². The van der Waals surface area contributed by atoms with Crippen LogP contribution in [0.15, 0.2) is 47.4 Å². The molecule has 0 atom stereocenters. The Morgan fingerprint density at radius 3 is 2.39 bits per heavy atom. The van der Waals surface area contributed by atoms with E-state index < -0.39 is 15.7 Å². The lowest BCUT2D eigenvalue weighted by Gasteiger charge is -2.27. The van der Waals surface area contributed by atoms with E-state index in [1.54, 1.807) is 29.2 Å². The van der Waals surface area contributed by atoms with Crippen molar-refractivity contribution in [3.05, 3.63) is 58.6 Å². The summed E-state index contributed by atoms with van der Waals surface area (Å²) in [6.07, 6.45) is 4.09. The minimum absolute atomic E-state index is 0.0553. The zero-order valence-corrected chi connectivity index (χ0v) is 17.0. The third-order valence-electron chi connectivity index (χ3n) is 4.64. The van der Waals surface area contributed by atoms with Crippen LogP contribution in [0.5, 0.6) is 0 Å². The Bertz CT molecular complexity index is 1010. The number of piperidine rings is 1. The molecule has 8 heteroatoms. The molecule has 0 unspecified atom stereocenters. The molecule has 2 aromatic carbocycles. The van der Waals surface area contributed by atoms with Gasteiger partial charge in [-0.1, -0.05) is 23.7 Å². The highest BCUT2D eigenvalue weighted by Crippen LogP contribution is 2.24. The van der Waals surface area contributed by atoms with Gasteiger partial charge in [-0.05, 0) is 49.6 Å². The summed E-state index contributed by atoms with van der Waals surface area (Å²) in [7, 11) is -3.57. The van der Waals surface area contributed by atoms with Crippen molar-refractivity contribution in [3.63, 3.8) is 0 Å². The maximum atomic E-state index is 12.8. The maximum absolute atomic E-state index is 12.8. The van der Waals surface area contributed by atoms with Gasteiger partial charge in [-0.25, -0.2) is 8.42 Å². The predicted molar refractivity (Wildman–Crippen MR) is 109 cm³/mol. The molecular formula is C20H21ClN2O4S. The molecule has 148 valence electrons. The third-order valence-corrected chi connectivity index (χ3v) is 6.22. The number of halogens is 1. The van der Waals surface area contributed by atoms with Gasteiger partial charge in [0.15, 0.2) is 9.84 Å². The summed E-state index contributed by atoms with van der Waals surface area (Å²) >= 11 is 5.94. The van der Waals surface area contributed by atoms with E-state index >= 15 is 0 Å². The molecular weight excluding hydrogens is 400 g/mol. The highest BCUT2D eigenvalue weighted by Gasteiger charge is 2.22. The minimum atomic E-state index is -3.57. The van der Waals surface area contributed by atoms with Crippen LogP contribution >= 0.6 is 11.6 Å². The Kier molecular flexibility index (Phi) is 6.05. The molecule has 1 N–H and O–H groups in total. The van der Waals surface area contributed by atoms with E-state index in [9.17, 15) is 18.0 Å². The average Bonchev–Trinajstić information content (AvgIpc) is 2.68. The Morgan fingerprint density at radius 1 is 1.04 bits per heavy atom. The van der Waals surface area contributed by atoms with Crippen molar-refractivity contribution < 1.29 is 18.0 Å². The molecule has 0 aromatic heterocycles. The summed E-state index contributed by atoms with van der Waals surface area (Å²) in [4.78, 5) is 27.2. The van der Waals surface area contributed by atoms with E-state index in [0.29, 0.717) is 24.3 Å². The number of amides is 2. The fourth-order valence-corrected chi connectivity index (χ4v) is 4.47. The largest absolute Gasteiger partial charge is 0.339 e. The minimum Gasteiger partial charge on any atom is -0.339 e. The summed E-state index contributed by atoms with van der Waals surface area (Å²) in [5.74, 6) is -0.635. The first-order valence-corrected chi connectivity index (χ1v) is 11.2. The number of hydrogen-bond acceptors (Lipinski definition) is 4. The zero-order valence-electron chi connectivity index (χ0n) is 15.4. The van der Waals surface area contributed by atoms with Gasteiger partial charge in [0.2, 0.25) is 0 Å². The number of likely N-dealkylation sites (tertiary alicyclic amines) is 1. The smallest absolute Gasteiger partial charge is 0.255 e. The molecule has 3 rings (SSSR count). The first kappa shape index (κ1) is 20.4. The Hall–Kier alpha value is -2.38. The maximum Gasteiger partial charge on any atom is 0.255 e. The number of carbonyl (C=O) groups is 2. The molecule has 28 heavy (non-hydrogen) atoms. The predicted octanol–water partition coefficient (Wildman–Crippen LogP) is 3.62. The monoisotopic (exact) mass is 420 g/mol. The van der Waals surface area contributed by atoms with Gasteiger partial charge >= 0.3 is 0 Å². The van der Waals surface area contributed by atoms with Gasteiger partial charge < -0.3 is 10.2 Å². The molecule has 0 bridgehead atoms. The molecule has 2 aromatic rings. The standard InChI is InChI=1S/C20H21ClN2O4S/c1-28(26,27)18-13-14(9-10-16(18)21)19(24)22-17-8-4-3-7-15(17)20(25)23-11-5-2-6-12-23/h3-4,7-10,13H,2,5-6,11-12H2,1H3,(H,22,24). The van der Waals surface area contributed by atoms with E-state index in [4.69, 9.17) is 11.6 Å². The number of nitrogens with one attached hydrogen (secondary N) is 1. The van der Waals surface area contributed by atoms with Crippen LogP contribution in [0.25, 0.3) is 0 Å². The summed E-state index contributed by atoms with van der Waals surface area (Å²) < 4.78 is 23.7. The first-order chi connectivity index (χ1) is 13.3. The normalized spacial score (nSPS) is 14.6. The van der Waals surface area contributed by atoms with E-state index in [1.165, 1.54) is 18.2 Å². The van der Waals surface area contributed by atoms with Crippen molar-refractivity contribution >= 4 is 38.9 Å². The third kappa shape index (κ3) is 4.54. The number of nitrogens with zero attached hydrogens (tertiary/aromatic N) is 1. The van der Waals surface area contributed by atoms with Crippen molar-refractivity contribution in [1.82, 2.24) is 4.90 Å². The molecule has 1 aliphatic heterocycles. The van der Waals surface area contributed by atoms with Crippen LogP contribution in [-0.2, 0) is 9.84 Å². The Balaban J connectivity index is 1.86. The topological polar surface area (TPSA) is 83.5 Å². The molecule has 1 fully saturated rings. The summed E-state index contributed by atoms with van der Waals surface area (Å²) in [6, 6.07) is 10.9. The Labute approximate surface area is 169 Å². The summed E-state index contributed by atoms with van der Waals surface area (Å²) in [5.41, 5.74) is 0.944. The second-order valence-electron chi connectivity index (χ2n) is 6.77. The lowest BCUT2D eigenvalue weighted by Crippen LogP contribution is -2.36. The van der Waals surface area contributed by atoms with Crippen molar-refractivity contribution in [1.29, 1.82) is 0 Å². The SMILES string of the molecule is CS(=O)(=O)c1cc(C(=O)Nc2ccccc2C(=O)N2CCCCC2)ccc1Cl. The van der Waals surface area contributed by atoms with Crippen LogP contribution in [0, 0.1) is 0 Å². The number of rotatable bonds is 4. The highest BCUT2D eigenvalue weighted by atomic mass is 35.5. The molecule has 1 aliphatic rings. The lowest BCUT2D eigenvalue weighted by atomic mass is 10.1. The quantitative estimate of drug-likeness (QED) is 0.818. The van der Waals surface area contributed by atoms with Crippen LogP contribution < -0.4 is 5.32 Å². The molecule has 0 saturated carbocycles. The van der Waals surface area contributed by atoms with Gasteiger partial charge in [-0.15, -0.1) is 0 Å². The molecule has 0 radical (unpaired) electrons. The van der Waals surface area contributed by atoms with Gasteiger partial charge in [0, 0.05) is 24.9 Å². The van der Waals surface area contributed by atoms with Gasteiger partial charge in [-0.3, -0.25) is 9.59 Å². The fourth-order valence-electron chi connectivity index (χ4n) is 3.17. The number of para-hydroxylation sites is 1. The van der Waals surface area contributed by atoms with E-state index in [0.717, 1.165) is 25.5 Å². The van der Waals surface area contributed by atoms with Crippen LogP contribution in [0.1, 0.15) is 40.0 Å². The van der Waals surface area contributed by atoms with Crippen molar-refractivity contribution in [3.8, 4) is 0 Å². The number of carbonyl (C=O) groups excluding carboxylic acids is 2. The number of anilines is 1. The average molecular weight is 421 g/mol.